The van der Waals surface area contributed by atoms with Crippen LogP contribution in [0.25, 0.3) is 0 Å². The lowest BCUT2D eigenvalue weighted by molar-refractivity contribution is -0.146. The zero-order valence-electron chi connectivity index (χ0n) is 12.7. The molecule has 0 spiro atoms. The summed E-state index contributed by atoms with van der Waals surface area (Å²) in [5, 5.41) is 8.95. The van der Waals surface area contributed by atoms with Crippen molar-refractivity contribution >= 4 is 23.6 Å². The van der Waals surface area contributed by atoms with E-state index in [9.17, 15) is 9.59 Å². The van der Waals surface area contributed by atoms with Crippen LogP contribution < -0.4 is 0 Å². The van der Waals surface area contributed by atoms with Crippen molar-refractivity contribution in [1.82, 2.24) is 9.80 Å². The Morgan fingerprint density at radius 2 is 2.00 bits per heavy atom. The number of hydrogen-bond donors (Lipinski definition) is 1. The highest BCUT2D eigenvalue weighted by Gasteiger charge is 2.27. The lowest BCUT2D eigenvalue weighted by Gasteiger charge is -2.32. The maximum atomic E-state index is 12.2. The number of thioether (sulfide) groups is 1. The van der Waals surface area contributed by atoms with Crippen molar-refractivity contribution in [3.05, 3.63) is 0 Å². The van der Waals surface area contributed by atoms with Gasteiger partial charge in [-0.05, 0) is 45.2 Å². The Labute approximate surface area is 125 Å². The van der Waals surface area contributed by atoms with Crippen molar-refractivity contribution in [2.24, 2.45) is 5.92 Å². The molecule has 0 aromatic heterocycles. The second-order valence-corrected chi connectivity index (χ2v) is 6.52. The maximum absolute atomic E-state index is 12.2. The molecule has 1 N–H and O–H groups in total. The fourth-order valence-corrected chi connectivity index (χ4v) is 2.93. The van der Waals surface area contributed by atoms with Gasteiger partial charge in [0, 0.05) is 19.1 Å². The van der Waals surface area contributed by atoms with Crippen LogP contribution in [0.3, 0.4) is 0 Å². The van der Waals surface area contributed by atoms with Crippen LogP contribution in [-0.2, 0) is 9.59 Å². The van der Waals surface area contributed by atoms with E-state index in [1.54, 1.807) is 4.90 Å². The van der Waals surface area contributed by atoms with Gasteiger partial charge >= 0.3 is 5.97 Å². The van der Waals surface area contributed by atoms with Gasteiger partial charge in [0.1, 0.15) is 0 Å². The number of carboxylic acid groups (broad SMARTS) is 1. The SMILES string of the molecule is CSCCC(C)N(C)CC(=O)N1CCC(C(=O)O)CC1. The smallest absolute Gasteiger partial charge is 0.306 e. The third kappa shape index (κ3) is 5.32. The summed E-state index contributed by atoms with van der Waals surface area (Å²) in [5.74, 6) is 0.202. The van der Waals surface area contributed by atoms with Crippen molar-refractivity contribution < 1.29 is 14.7 Å². The Hall–Kier alpha value is -0.750. The minimum Gasteiger partial charge on any atom is -0.481 e. The molecule has 1 amide bonds. The molecule has 0 saturated carbocycles. The molecular weight excluding hydrogens is 276 g/mol. The van der Waals surface area contributed by atoms with E-state index >= 15 is 0 Å². The molecule has 1 aliphatic heterocycles. The summed E-state index contributed by atoms with van der Waals surface area (Å²) in [6.07, 6.45) is 4.32. The second-order valence-electron chi connectivity index (χ2n) is 5.54. The lowest BCUT2D eigenvalue weighted by Crippen LogP contribution is -2.46. The molecule has 1 heterocycles. The first kappa shape index (κ1) is 17.3. The van der Waals surface area contributed by atoms with Crippen molar-refractivity contribution in [2.45, 2.75) is 32.2 Å². The second kappa shape index (κ2) is 8.52. The van der Waals surface area contributed by atoms with Crippen LogP contribution in [0.4, 0.5) is 0 Å². The van der Waals surface area contributed by atoms with Gasteiger partial charge in [-0.3, -0.25) is 14.5 Å². The zero-order chi connectivity index (χ0) is 15.1. The van der Waals surface area contributed by atoms with Crippen molar-refractivity contribution in [1.29, 1.82) is 0 Å². The van der Waals surface area contributed by atoms with Crippen LogP contribution in [0.2, 0.25) is 0 Å². The van der Waals surface area contributed by atoms with Gasteiger partial charge < -0.3 is 10.0 Å². The largest absolute Gasteiger partial charge is 0.481 e. The number of carboxylic acids is 1. The summed E-state index contributed by atoms with van der Waals surface area (Å²) in [5.41, 5.74) is 0. The Balaban J connectivity index is 2.34. The van der Waals surface area contributed by atoms with Gasteiger partial charge in [0.15, 0.2) is 0 Å². The highest BCUT2D eigenvalue weighted by atomic mass is 32.2. The van der Waals surface area contributed by atoms with Gasteiger partial charge in [-0.25, -0.2) is 0 Å². The minimum atomic E-state index is -0.736. The number of carbonyl (C=O) groups is 2. The van der Waals surface area contributed by atoms with E-state index in [-0.39, 0.29) is 11.8 Å². The van der Waals surface area contributed by atoms with Crippen LogP contribution in [0, 0.1) is 5.92 Å². The van der Waals surface area contributed by atoms with Crippen LogP contribution >= 0.6 is 11.8 Å². The third-order valence-corrected chi connectivity index (χ3v) is 4.72. The fraction of sp³-hybridized carbons (Fsp3) is 0.857. The van der Waals surface area contributed by atoms with Crippen molar-refractivity contribution in [3.8, 4) is 0 Å². The maximum Gasteiger partial charge on any atom is 0.306 e. The van der Waals surface area contributed by atoms with Crippen LogP contribution in [-0.4, -0.2) is 71.5 Å². The van der Waals surface area contributed by atoms with E-state index in [1.807, 2.05) is 18.8 Å². The summed E-state index contributed by atoms with van der Waals surface area (Å²) in [6, 6.07) is 0.392. The van der Waals surface area contributed by atoms with Gasteiger partial charge in [-0.15, -0.1) is 0 Å². The quantitative estimate of drug-likeness (QED) is 0.770. The zero-order valence-corrected chi connectivity index (χ0v) is 13.5. The molecule has 116 valence electrons. The predicted molar refractivity (Wildman–Crippen MR) is 82.0 cm³/mol. The van der Waals surface area contributed by atoms with Crippen molar-refractivity contribution in [2.75, 3.05) is 38.7 Å². The fourth-order valence-electron chi connectivity index (χ4n) is 2.35. The van der Waals surface area contributed by atoms with Gasteiger partial charge in [0.25, 0.3) is 0 Å². The molecular formula is C14H26N2O3S. The number of aliphatic carboxylic acids is 1. The van der Waals surface area contributed by atoms with E-state index in [0.29, 0.717) is 38.5 Å². The summed E-state index contributed by atoms with van der Waals surface area (Å²) < 4.78 is 0. The molecule has 20 heavy (non-hydrogen) atoms. The first-order valence-corrected chi connectivity index (χ1v) is 8.54. The number of likely N-dealkylation sites (tertiary alicyclic amines) is 1. The molecule has 1 aliphatic rings. The van der Waals surface area contributed by atoms with E-state index in [4.69, 9.17) is 5.11 Å². The standard InChI is InChI=1S/C14H26N2O3S/c1-11(6-9-20-3)15(2)10-13(17)16-7-4-12(5-8-16)14(18)19/h11-12H,4-10H2,1-3H3,(H,18,19). The van der Waals surface area contributed by atoms with E-state index in [0.717, 1.165) is 12.2 Å². The Morgan fingerprint density at radius 1 is 1.40 bits per heavy atom. The number of nitrogens with zero attached hydrogens (tertiary/aromatic N) is 2. The van der Waals surface area contributed by atoms with Crippen LogP contribution in [0.5, 0.6) is 0 Å². The number of carbonyl (C=O) groups excluding carboxylic acids is 1. The monoisotopic (exact) mass is 302 g/mol. The minimum absolute atomic E-state index is 0.118. The average Bonchev–Trinajstić information content (AvgIpc) is 2.44. The summed E-state index contributed by atoms with van der Waals surface area (Å²) in [4.78, 5) is 27.0. The average molecular weight is 302 g/mol. The van der Waals surface area contributed by atoms with Gasteiger partial charge in [-0.2, -0.15) is 11.8 Å². The Kier molecular flexibility index (Phi) is 7.37. The normalized spacial score (nSPS) is 18.3. The molecule has 0 radical (unpaired) electrons. The number of rotatable bonds is 7. The Morgan fingerprint density at radius 3 is 2.50 bits per heavy atom. The molecule has 1 atom stereocenters. The molecule has 6 heteroatoms. The molecule has 1 rings (SSSR count). The van der Waals surface area contributed by atoms with E-state index in [1.165, 1.54) is 0 Å². The molecule has 0 aliphatic carbocycles. The highest BCUT2D eigenvalue weighted by molar-refractivity contribution is 7.98. The molecule has 1 fully saturated rings. The first-order valence-electron chi connectivity index (χ1n) is 7.15. The van der Waals surface area contributed by atoms with Gasteiger partial charge in [0.05, 0.1) is 12.5 Å². The molecule has 1 saturated heterocycles. The molecule has 0 bridgehead atoms. The van der Waals surface area contributed by atoms with Crippen LogP contribution in [0.1, 0.15) is 26.2 Å². The number of hydrogen-bond acceptors (Lipinski definition) is 4. The topological polar surface area (TPSA) is 60.9 Å². The summed E-state index contributed by atoms with van der Waals surface area (Å²) >= 11 is 1.82. The van der Waals surface area contributed by atoms with Gasteiger partial charge in [-0.1, -0.05) is 0 Å². The molecule has 5 nitrogen and oxygen atoms in total. The Bertz CT molecular complexity index is 330. The number of piperidine rings is 1. The third-order valence-electron chi connectivity index (χ3n) is 4.07. The predicted octanol–water partition coefficient (Wildman–Crippen LogP) is 1.38. The molecule has 0 aromatic carbocycles. The summed E-state index contributed by atoms with van der Waals surface area (Å²) in [6.45, 7) is 3.71. The molecule has 1 unspecified atom stereocenters. The number of amides is 1. The lowest BCUT2D eigenvalue weighted by atomic mass is 9.97. The number of likely N-dealkylation sites (N-methyl/N-ethyl adjacent to an activating group) is 1. The summed E-state index contributed by atoms with van der Waals surface area (Å²) in [7, 11) is 1.98. The van der Waals surface area contributed by atoms with Crippen LogP contribution in [0.15, 0.2) is 0 Å². The first-order chi connectivity index (χ1) is 9.45. The molecule has 0 aromatic rings. The van der Waals surface area contributed by atoms with E-state index in [2.05, 4.69) is 18.1 Å². The van der Waals surface area contributed by atoms with Crippen molar-refractivity contribution in [3.63, 3.8) is 0 Å². The van der Waals surface area contributed by atoms with E-state index < -0.39 is 5.97 Å². The highest BCUT2D eigenvalue weighted by Crippen LogP contribution is 2.17. The van der Waals surface area contributed by atoms with Gasteiger partial charge in [0.2, 0.25) is 5.91 Å².